The molecule has 1 aliphatic heterocycles. The average molecular weight is 419 g/mol. The minimum absolute atomic E-state index is 0.0104. The Hall–Kier alpha value is -3.87. The predicted molar refractivity (Wildman–Crippen MR) is 116 cm³/mol. The van der Waals surface area contributed by atoms with Gasteiger partial charge in [-0.15, -0.1) is 0 Å². The van der Waals surface area contributed by atoms with Gasteiger partial charge in [0.15, 0.2) is 11.5 Å². The molecule has 3 aromatic rings. The van der Waals surface area contributed by atoms with Crippen molar-refractivity contribution in [3.8, 4) is 5.75 Å². The van der Waals surface area contributed by atoms with Crippen LogP contribution in [0.2, 0.25) is 0 Å². The third-order valence-corrected chi connectivity index (χ3v) is 5.22. The van der Waals surface area contributed by atoms with E-state index in [1.807, 2.05) is 53.7 Å². The Balaban J connectivity index is 1.65. The van der Waals surface area contributed by atoms with Crippen molar-refractivity contribution in [3.05, 3.63) is 71.5 Å². The molecule has 0 amide bonds. The molecule has 0 saturated heterocycles. The van der Waals surface area contributed by atoms with Gasteiger partial charge in [0, 0.05) is 18.2 Å². The number of carboxylic acid groups (broad SMARTS) is 1. The number of anilines is 1. The van der Waals surface area contributed by atoms with Crippen LogP contribution in [-0.4, -0.2) is 23.4 Å². The molecular weight excluding hydrogens is 396 g/mol. The normalized spacial score (nSPS) is 14.4. The molecule has 2 heterocycles. The molecule has 0 fully saturated rings. The van der Waals surface area contributed by atoms with E-state index >= 15 is 0 Å². The first kappa shape index (κ1) is 20.4. The summed E-state index contributed by atoms with van der Waals surface area (Å²) in [7, 11) is 0. The largest absolute Gasteiger partial charge is 0.478 e. The molecule has 0 aliphatic carbocycles. The number of allylic oxidation sites excluding steroid dienone is 2. The van der Waals surface area contributed by atoms with Crippen LogP contribution in [0.4, 0.5) is 5.69 Å². The van der Waals surface area contributed by atoms with Crippen LogP contribution in [0.25, 0.3) is 17.2 Å². The van der Waals surface area contributed by atoms with Gasteiger partial charge < -0.3 is 19.2 Å². The molecule has 0 atom stereocenters. The van der Waals surface area contributed by atoms with Gasteiger partial charge >= 0.3 is 11.9 Å². The van der Waals surface area contributed by atoms with Crippen LogP contribution in [0.15, 0.2) is 58.9 Å². The van der Waals surface area contributed by atoms with Gasteiger partial charge in [-0.1, -0.05) is 0 Å². The first-order valence-electron chi connectivity index (χ1n) is 10.1. The molecule has 31 heavy (non-hydrogen) atoms. The molecule has 1 aromatic heterocycles. The second kappa shape index (κ2) is 8.10. The SMILES string of the molecule is CCN1/C(=C/C=C/c2oc3ccc(C(C)=O)cc3[n+]2CC)Oc2ccc(C(=O)O)cc21. The van der Waals surface area contributed by atoms with Crippen LogP contribution < -0.4 is 14.2 Å². The molecule has 4 rings (SSSR count). The molecule has 7 nitrogen and oxygen atoms in total. The Morgan fingerprint density at radius 1 is 1.13 bits per heavy atom. The van der Waals surface area contributed by atoms with Gasteiger partial charge in [-0.3, -0.25) is 4.79 Å². The molecule has 0 unspecified atom stereocenters. The zero-order valence-electron chi connectivity index (χ0n) is 17.6. The van der Waals surface area contributed by atoms with Crippen molar-refractivity contribution in [1.82, 2.24) is 0 Å². The number of rotatable bonds is 6. The van der Waals surface area contributed by atoms with Crippen LogP contribution in [0.1, 0.15) is 47.4 Å². The lowest BCUT2D eigenvalue weighted by atomic mass is 10.1. The second-order valence-electron chi connectivity index (χ2n) is 7.12. The lowest BCUT2D eigenvalue weighted by Crippen LogP contribution is -2.33. The summed E-state index contributed by atoms with van der Waals surface area (Å²) in [5, 5.41) is 9.25. The van der Waals surface area contributed by atoms with E-state index in [2.05, 4.69) is 0 Å². The second-order valence-corrected chi connectivity index (χ2v) is 7.12. The van der Waals surface area contributed by atoms with Crippen LogP contribution in [0, 0.1) is 0 Å². The van der Waals surface area contributed by atoms with E-state index in [1.54, 1.807) is 25.1 Å². The molecule has 2 aromatic carbocycles. The van der Waals surface area contributed by atoms with E-state index < -0.39 is 5.97 Å². The predicted octanol–water partition coefficient (Wildman–Crippen LogP) is 4.41. The number of carbonyl (C=O) groups is 2. The lowest BCUT2D eigenvalue weighted by Gasteiger charge is -2.15. The summed E-state index contributed by atoms with van der Waals surface area (Å²) in [4.78, 5) is 24.9. The standard InChI is InChI=1S/C24H22N2O5/c1-4-25-18-13-16(15(3)27)9-11-20(18)30-22(25)7-6-8-23-26(5-2)19-14-17(24(28)29)10-12-21(19)31-23/h6-14H,4-5H2,1-3H3/p+1. The van der Waals surface area contributed by atoms with Crippen molar-refractivity contribution < 1.29 is 28.4 Å². The third kappa shape index (κ3) is 3.70. The monoisotopic (exact) mass is 419 g/mol. The Kier molecular flexibility index (Phi) is 5.33. The Morgan fingerprint density at radius 2 is 1.90 bits per heavy atom. The van der Waals surface area contributed by atoms with E-state index in [9.17, 15) is 14.7 Å². The summed E-state index contributed by atoms with van der Waals surface area (Å²) in [6.07, 6.45) is 5.49. The van der Waals surface area contributed by atoms with Crippen LogP contribution in [0.5, 0.6) is 5.75 Å². The third-order valence-electron chi connectivity index (χ3n) is 5.22. The molecule has 7 heteroatoms. The van der Waals surface area contributed by atoms with Crippen molar-refractivity contribution in [2.45, 2.75) is 27.3 Å². The van der Waals surface area contributed by atoms with Crippen LogP contribution in [0.3, 0.4) is 0 Å². The van der Waals surface area contributed by atoms with Gasteiger partial charge in [0.1, 0.15) is 6.54 Å². The Labute approximate surface area is 179 Å². The zero-order chi connectivity index (χ0) is 22.1. The maximum Gasteiger partial charge on any atom is 0.374 e. The number of carbonyl (C=O) groups excluding carboxylic acids is 1. The van der Waals surface area contributed by atoms with E-state index in [0.717, 1.165) is 11.2 Å². The van der Waals surface area contributed by atoms with Gasteiger partial charge in [-0.25, -0.2) is 4.79 Å². The number of benzene rings is 2. The van der Waals surface area contributed by atoms with Crippen LogP contribution >= 0.6 is 0 Å². The number of carboxylic acids is 1. The fraction of sp³-hybridized carbons (Fsp3) is 0.208. The summed E-state index contributed by atoms with van der Waals surface area (Å²) in [6, 6.07) is 10.2. The molecule has 0 saturated carbocycles. The number of ketones is 1. The molecule has 1 N–H and O–H groups in total. The number of hydrogen-bond donors (Lipinski definition) is 1. The summed E-state index contributed by atoms with van der Waals surface area (Å²) >= 11 is 0. The number of nitrogens with zero attached hydrogens (tertiary/aromatic N) is 2. The molecule has 0 spiro atoms. The fourth-order valence-electron chi connectivity index (χ4n) is 3.67. The number of hydrogen-bond acceptors (Lipinski definition) is 5. The fourth-order valence-corrected chi connectivity index (χ4v) is 3.67. The highest BCUT2D eigenvalue weighted by atomic mass is 16.5. The molecule has 0 bridgehead atoms. The maximum absolute atomic E-state index is 11.7. The highest BCUT2D eigenvalue weighted by molar-refractivity contribution is 5.96. The first-order valence-corrected chi connectivity index (χ1v) is 10.1. The number of aryl methyl sites for hydroxylation is 1. The number of ether oxygens (including phenoxy) is 1. The molecule has 1 aliphatic rings. The smallest absolute Gasteiger partial charge is 0.374 e. The first-order chi connectivity index (χ1) is 14.9. The van der Waals surface area contributed by atoms with Crippen molar-refractivity contribution in [3.63, 3.8) is 0 Å². The van der Waals surface area contributed by atoms with Gasteiger partial charge in [-0.05, 0) is 63.3 Å². The van der Waals surface area contributed by atoms with Gasteiger partial charge in [0.05, 0.1) is 17.3 Å². The lowest BCUT2D eigenvalue weighted by molar-refractivity contribution is -0.674. The summed E-state index contributed by atoms with van der Waals surface area (Å²) in [6.45, 7) is 6.85. The summed E-state index contributed by atoms with van der Waals surface area (Å²) < 4.78 is 13.9. The van der Waals surface area contributed by atoms with Gasteiger partial charge in [0.2, 0.25) is 11.5 Å². The molecule has 0 radical (unpaired) electrons. The van der Waals surface area contributed by atoms with Gasteiger partial charge in [0.25, 0.3) is 5.52 Å². The van der Waals surface area contributed by atoms with E-state index in [0.29, 0.717) is 41.8 Å². The summed E-state index contributed by atoms with van der Waals surface area (Å²) in [5.41, 5.74) is 3.16. The number of fused-ring (bicyclic) bond motifs is 2. The number of aromatic nitrogens is 1. The van der Waals surface area contributed by atoms with E-state index in [-0.39, 0.29) is 11.3 Å². The van der Waals surface area contributed by atoms with Crippen molar-refractivity contribution in [2.75, 3.05) is 11.4 Å². The van der Waals surface area contributed by atoms with Gasteiger partial charge in [-0.2, -0.15) is 4.57 Å². The Bertz CT molecular complexity index is 1250. The minimum atomic E-state index is -0.974. The summed E-state index contributed by atoms with van der Waals surface area (Å²) in [5.74, 6) is 0.918. The molecule has 158 valence electrons. The maximum atomic E-state index is 11.7. The van der Waals surface area contributed by atoms with Crippen LogP contribution in [-0.2, 0) is 6.54 Å². The molecular formula is C24H23N2O5+. The highest BCUT2D eigenvalue weighted by Gasteiger charge is 2.26. The Morgan fingerprint density at radius 3 is 2.58 bits per heavy atom. The van der Waals surface area contributed by atoms with Crippen molar-refractivity contribution in [1.29, 1.82) is 0 Å². The van der Waals surface area contributed by atoms with Crippen molar-refractivity contribution >= 4 is 34.6 Å². The van der Waals surface area contributed by atoms with Crippen molar-refractivity contribution in [2.24, 2.45) is 0 Å². The highest BCUT2D eigenvalue weighted by Crippen LogP contribution is 2.39. The number of oxazole rings is 1. The number of Topliss-reactive ketones (excluding diaryl/α,β-unsaturated/α-hetero) is 1. The minimum Gasteiger partial charge on any atom is -0.478 e. The van der Waals surface area contributed by atoms with E-state index in [1.165, 1.54) is 6.07 Å². The zero-order valence-corrected chi connectivity index (χ0v) is 17.6. The van der Waals surface area contributed by atoms with E-state index in [4.69, 9.17) is 9.15 Å². The number of aromatic carboxylic acids is 1. The topological polar surface area (TPSA) is 83.9 Å². The average Bonchev–Trinajstić information content (AvgIpc) is 3.29. The quantitative estimate of drug-likeness (QED) is 0.471.